The Kier molecular flexibility index (Phi) is 4.78. The van der Waals surface area contributed by atoms with Gasteiger partial charge in [0, 0.05) is 17.1 Å². The third-order valence-electron chi connectivity index (χ3n) is 3.73. The SMILES string of the molecule is CCc1cc(Cc2ccc(O)c(F)c2)n(-c2ccc(Cl)cc2Cl)n1. The van der Waals surface area contributed by atoms with E-state index in [1.165, 1.54) is 12.1 Å². The van der Waals surface area contributed by atoms with E-state index in [-0.39, 0.29) is 5.75 Å². The van der Waals surface area contributed by atoms with Crippen molar-refractivity contribution >= 4 is 23.2 Å². The topological polar surface area (TPSA) is 38.0 Å². The van der Waals surface area contributed by atoms with Gasteiger partial charge in [-0.2, -0.15) is 5.10 Å². The van der Waals surface area contributed by atoms with Crippen molar-refractivity contribution in [3.8, 4) is 11.4 Å². The second kappa shape index (κ2) is 6.83. The van der Waals surface area contributed by atoms with Gasteiger partial charge in [0.05, 0.1) is 16.4 Å². The predicted octanol–water partition coefficient (Wildman–Crippen LogP) is 5.18. The highest BCUT2D eigenvalue weighted by Crippen LogP contribution is 2.27. The molecule has 2 aromatic carbocycles. The van der Waals surface area contributed by atoms with Crippen LogP contribution in [-0.4, -0.2) is 14.9 Å². The van der Waals surface area contributed by atoms with Crippen LogP contribution in [0.2, 0.25) is 10.0 Å². The molecule has 0 bridgehead atoms. The monoisotopic (exact) mass is 364 g/mol. The van der Waals surface area contributed by atoms with Gasteiger partial charge in [-0.15, -0.1) is 0 Å². The zero-order valence-electron chi connectivity index (χ0n) is 12.9. The van der Waals surface area contributed by atoms with Crippen LogP contribution in [0.25, 0.3) is 5.69 Å². The van der Waals surface area contributed by atoms with Crippen molar-refractivity contribution in [3.05, 3.63) is 75.3 Å². The first-order valence-electron chi connectivity index (χ1n) is 7.48. The molecule has 3 rings (SSSR count). The molecule has 0 saturated carbocycles. The molecule has 1 heterocycles. The highest BCUT2D eigenvalue weighted by atomic mass is 35.5. The van der Waals surface area contributed by atoms with Gasteiger partial charge in [-0.3, -0.25) is 0 Å². The number of aryl methyl sites for hydroxylation is 1. The first kappa shape index (κ1) is 16.8. The summed E-state index contributed by atoms with van der Waals surface area (Å²) in [5, 5.41) is 14.9. The molecule has 0 aliphatic carbocycles. The Bertz CT molecular complexity index is 893. The first-order valence-corrected chi connectivity index (χ1v) is 8.24. The molecule has 6 heteroatoms. The number of hydrogen-bond acceptors (Lipinski definition) is 2. The summed E-state index contributed by atoms with van der Waals surface area (Å²) in [7, 11) is 0. The number of rotatable bonds is 4. The van der Waals surface area contributed by atoms with Crippen LogP contribution in [0.1, 0.15) is 23.9 Å². The van der Waals surface area contributed by atoms with Crippen LogP contribution in [-0.2, 0) is 12.8 Å². The largest absolute Gasteiger partial charge is 0.505 e. The molecule has 0 amide bonds. The zero-order chi connectivity index (χ0) is 17.3. The summed E-state index contributed by atoms with van der Waals surface area (Å²) in [4.78, 5) is 0. The molecule has 3 nitrogen and oxygen atoms in total. The van der Waals surface area contributed by atoms with E-state index < -0.39 is 5.82 Å². The molecular weight excluding hydrogens is 350 g/mol. The van der Waals surface area contributed by atoms with Crippen molar-refractivity contribution in [2.75, 3.05) is 0 Å². The quantitative estimate of drug-likeness (QED) is 0.692. The van der Waals surface area contributed by atoms with Gasteiger partial charge in [0.2, 0.25) is 0 Å². The smallest absolute Gasteiger partial charge is 0.165 e. The summed E-state index contributed by atoms with van der Waals surface area (Å²) in [6, 6.07) is 11.5. The normalized spacial score (nSPS) is 11.0. The van der Waals surface area contributed by atoms with Gasteiger partial charge in [0.1, 0.15) is 0 Å². The minimum Gasteiger partial charge on any atom is -0.505 e. The first-order chi connectivity index (χ1) is 11.5. The minimum absolute atomic E-state index is 0.359. The molecule has 1 N–H and O–H groups in total. The number of aromatic hydroxyl groups is 1. The van der Waals surface area contributed by atoms with Gasteiger partial charge < -0.3 is 5.11 Å². The molecule has 3 aromatic rings. The summed E-state index contributed by atoms with van der Waals surface area (Å²) in [5.74, 6) is -0.999. The Labute approximate surface area is 149 Å². The van der Waals surface area contributed by atoms with Crippen LogP contribution >= 0.6 is 23.2 Å². The van der Waals surface area contributed by atoms with Gasteiger partial charge in [0.15, 0.2) is 11.6 Å². The fourth-order valence-electron chi connectivity index (χ4n) is 2.50. The fourth-order valence-corrected chi connectivity index (χ4v) is 2.99. The number of aromatic nitrogens is 2. The molecule has 124 valence electrons. The highest BCUT2D eigenvalue weighted by molar-refractivity contribution is 6.35. The van der Waals surface area contributed by atoms with Gasteiger partial charge in [-0.1, -0.05) is 36.2 Å². The predicted molar refractivity (Wildman–Crippen MR) is 93.8 cm³/mol. The van der Waals surface area contributed by atoms with Crippen LogP contribution in [0, 0.1) is 5.82 Å². The Morgan fingerprint density at radius 1 is 1.12 bits per heavy atom. The second-order valence-corrected chi connectivity index (χ2v) is 6.29. The van der Waals surface area contributed by atoms with Crippen LogP contribution < -0.4 is 0 Å². The maximum Gasteiger partial charge on any atom is 0.165 e. The molecule has 0 fully saturated rings. The lowest BCUT2D eigenvalue weighted by Crippen LogP contribution is -2.04. The van der Waals surface area contributed by atoms with Crippen LogP contribution in [0.5, 0.6) is 5.75 Å². The van der Waals surface area contributed by atoms with Crippen LogP contribution in [0.4, 0.5) is 4.39 Å². The average molecular weight is 365 g/mol. The molecular formula is C18H15Cl2FN2O. The highest BCUT2D eigenvalue weighted by Gasteiger charge is 2.13. The number of phenols is 1. The van der Waals surface area contributed by atoms with E-state index in [1.54, 1.807) is 28.9 Å². The van der Waals surface area contributed by atoms with Crippen molar-refractivity contribution in [1.82, 2.24) is 9.78 Å². The van der Waals surface area contributed by atoms with Crippen molar-refractivity contribution in [1.29, 1.82) is 0 Å². The minimum atomic E-state index is -0.640. The fraction of sp³-hybridized carbons (Fsp3) is 0.167. The van der Waals surface area contributed by atoms with E-state index in [0.717, 1.165) is 29.1 Å². The van der Waals surface area contributed by atoms with Crippen molar-refractivity contribution < 1.29 is 9.50 Å². The Balaban J connectivity index is 2.04. The van der Waals surface area contributed by atoms with Gasteiger partial charge in [-0.05, 0) is 48.4 Å². The number of phenolic OH excluding ortho intramolecular Hbond substituents is 1. The maximum absolute atomic E-state index is 13.6. The molecule has 0 atom stereocenters. The molecule has 0 unspecified atom stereocenters. The third kappa shape index (κ3) is 3.40. The molecule has 0 saturated heterocycles. The van der Waals surface area contributed by atoms with Crippen molar-refractivity contribution in [2.45, 2.75) is 19.8 Å². The van der Waals surface area contributed by atoms with Crippen molar-refractivity contribution in [2.24, 2.45) is 0 Å². The van der Waals surface area contributed by atoms with E-state index in [2.05, 4.69) is 5.10 Å². The standard InChI is InChI=1S/C18H15Cl2FN2O/c1-2-13-10-14(7-11-3-6-18(24)16(21)8-11)23(22-13)17-5-4-12(19)9-15(17)20/h3-6,8-10,24H,2,7H2,1H3. The maximum atomic E-state index is 13.6. The average Bonchev–Trinajstić information content (AvgIpc) is 2.94. The van der Waals surface area contributed by atoms with Gasteiger partial charge in [0.25, 0.3) is 0 Å². The number of nitrogens with zero attached hydrogens (tertiary/aromatic N) is 2. The number of halogens is 3. The van der Waals surface area contributed by atoms with Crippen LogP contribution in [0.15, 0.2) is 42.5 Å². The van der Waals surface area contributed by atoms with Gasteiger partial charge >= 0.3 is 0 Å². The van der Waals surface area contributed by atoms with Crippen molar-refractivity contribution in [3.63, 3.8) is 0 Å². The molecule has 1 aromatic heterocycles. The van der Waals surface area contributed by atoms with E-state index >= 15 is 0 Å². The van der Waals surface area contributed by atoms with E-state index in [0.29, 0.717) is 16.5 Å². The lowest BCUT2D eigenvalue weighted by atomic mass is 10.1. The van der Waals surface area contributed by atoms with E-state index in [1.807, 2.05) is 13.0 Å². The Morgan fingerprint density at radius 2 is 1.92 bits per heavy atom. The molecule has 0 spiro atoms. The Morgan fingerprint density at radius 3 is 2.58 bits per heavy atom. The summed E-state index contributed by atoms with van der Waals surface area (Å²) in [6.07, 6.45) is 1.23. The van der Waals surface area contributed by atoms with Crippen LogP contribution in [0.3, 0.4) is 0 Å². The van der Waals surface area contributed by atoms with Gasteiger partial charge in [-0.25, -0.2) is 9.07 Å². The molecule has 24 heavy (non-hydrogen) atoms. The lowest BCUT2D eigenvalue weighted by Gasteiger charge is -2.10. The Hall–Kier alpha value is -2.04. The molecule has 0 aliphatic heterocycles. The second-order valence-electron chi connectivity index (χ2n) is 5.45. The number of benzene rings is 2. The summed E-state index contributed by atoms with van der Waals surface area (Å²) < 4.78 is 15.3. The van der Waals surface area contributed by atoms with E-state index in [4.69, 9.17) is 23.2 Å². The summed E-state index contributed by atoms with van der Waals surface area (Å²) in [5.41, 5.74) is 3.24. The third-order valence-corrected chi connectivity index (χ3v) is 4.27. The zero-order valence-corrected chi connectivity index (χ0v) is 14.4. The van der Waals surface area contributed by atoms with E-state index in [9.17, 15) is 9.50 Å². The lowest BCUT2D eigenvalue weighted by molar-refractivity contribution is 0.432. The molecule has 0 radical (unpaired) electrons. The molecule has 0 aliphatic rings. The summed E-state index contributed by atoms with van der Waals surface area (Å²) in [6.45, 7) is 2.01. The number of hydrogen-bond donors (Lipinski definition) is 1. The summed E-state index contributed by atoms with van der Waals surface area (Å²) >= 11 is 12.3.